The molecule has 0 aromatic carbocycles. The summed E-state index contributed by atoms with van der Waals surface area (Å²) in [5.41, 5.74) is 0. The highest BCUT2D eigenvalue weighted by Crippen LogP contribution is 2.17. The Morgan fingerprint density at radius 2 is 0.667 bits per heavy atom. The summed E-state index contributed by atoms with van der Waals surface area (Å²) in [4.78, 5) is 12.4. The van der Waals surface area contributed by atoms with Crippen LogP contribution in [0.25, 0.3) is 0 Å². The third kappa shape index (κ3) is 35.2. The van der Waals surface area contributed by atoms with Gasteiger partial charge in [0, 0.05) is 6.42 Å². The highest BCUT2D eigenvalue weighted by Gasteiger charge is 2.23. The fraction of sp³-hybridized carbons (Fsp3) is 0.977. The van der Waals surface area contributed by atoms with Gasteiger partial charge in [0.15, 0.2) is 0 Å². The lowest BCUT2D eigenvalue weighted by atomic mass is 9.99. The van der Waals surface area contributed by atoms with Crippen molar-refractivity contribution in [1.29, 1.82) is 0 Å². The molecular weight excluding hydrogens is 590 g/mol. The van der Waals surface area contributed by atoms with Gasteiger partial charge in [0.2, 0.25) is 5.91 Å². The summed E-state index contributed by atoms with van der Waals surface area (Å²) in [5.74, 6) is 0.00242. The molecule has 0 radical (unpaired) electrons. The molecule has 0 spiro atoms. The molecule has 0 aliphatic rings. The molecule has 0 aromatic heterocycles. The van der Waals surface area contributed by atoms with Crippen LogP contribution in [0.2, 0.25) is 0 Å². The first-order valence-corrected chi connectivity index (χ1v) is 22.2. The topological polar surface area (TPSA) is 69.6 Å². The summed E-state index contributed by atoms with van der Waals surface area (Å²) in [6, 6.07) is -0.408. The van der Waals surface area contributed by atoms with E-state index >= 15 is 0 Å². The molecule has 0 rings (SSSR count). The smallest absolute Gasteiger partial charge is 0.220 e. The van der Waals surface area contributed by atoms with Gasteiger partial charge < -0.3 is 15.5 Å². The fourth-order valence-electron chi connectivity index (χ4n) is 7.18. The second-order valence-corrected chi connectivity index (χ2v) is 15.6. The van der Waals surface area contributed by atoms with Crippen molar-refractivity contribution in [2.75, 3.05) is 0 Å². The predicted molar refractivity (Wildman–Crippen MR) is 212 cm³/mol. The molecule has 48 heavy (non-hydrogen) atoms. The lowest BCUT2D eigenvalue weighted by molar-refractivity contribution is -0.123. The molecule has 4 heteroatoms. The van der Waals surface area contributed by atoms with Gasteiger partial charge in [0.25, 0.3) is 0 Å². The first kappa shape index (κ1) is 47.4. The summed E-state index contributed by atoms with van der Waals surface area (Å²) in [6.07, 6.45) is 46.5. The normalized spacial score (nSPS) is 13.5. The number of carbonyl (C=O) groups is 1. The van der Waals surface area contributed by atoms with Crippen molar-refractivity contribution < 1.29 is 15.0 Å². The number of hydrogen-bond acceptors (Lipinski definition) is 3. The van der Waals surface area contributed by atoms with Crippen LogP contribution in [0.15, 0.2) is 0 Å². The Kier molecular flexibility index (Phi) is 38.7. The molecule has 0 heterocycles. The number of carbonyl (C=O) groups excluding carboxylic acids is 1. The van der Waals surface area contributed by atoms with Gasteiger partial charge in [0.05, 0.1) is 18.2 Å². The molecule has 1 amide bonds. The SMILES string of the molecule is CCCCCCCCCCCCCCCCCCCCCCCCCC(=O)NC(C)C(O)[C@H](O)CCCCCCCCCCCCCC. The maximum absolute atomic E-state index is 12.4. The van der Waals surface area contributed by atoms with Gasteiger partial charge in [-0.2, -0.15) is 0 Å². The van der Waals surface area contributed by atoms with Crippen LogP contribution in [0.3, 0.4) is 0 Å². The van der Waals surface area contributed by atoms with Crippen molar-refractivity contribution in [3.05, 3.63) is 0 Å². The van der Waals surface area contributed by atoms with E-state index in [1.54, 1.807) is 0 Å². The minimum absolute atomic E-state index is 0.00242. The molecule has 0 saturated heterocycles. The van der Waals surface area contributed by atoms with Crippen molar-refractivity contribution in [2.45, 2.75) is 277 Å². The number of aliphatic hydroxyl groups is 2. The van der Waals surface area contributed by atoms with Gasteiger partial charge in [0.1, 0.15) is 0 Å². The molecular formula is C44H89NO3. The Balaban J connectivity index is 3.43. The van der Waals surface area contributed by atoms with Gasteiger partial charge in [-0.3, -0.25) is 4.79 Å². The van der Waals surface area contributed by atoms with Crippen molar-refractivity contribution >= 4 is 5.91 Å². The van der Waals surface area contributed by atoms with Gasteiger partial charge >= 0.3 is 0 Å². The first-order chi connectivity index (χ1) is 23.5. The predicted octanol–water partition coefficient (Wildman–Crippen LogP) is 13.7. The second-order valence-electron chi connectivity index (χ2n) is 15.6. The first-order valence-electron chi connectivity index (χ1n) is 22.2. The lowest BCUT2D eigenvalue weighted by Crippen LogP contribution is -2.46. The zero-order chi connectivity index (χ0) is 35.2. The molecule has 4 nitrogen and oxygen atoms in total. The number of aliphatic hydroxyl groups excluding tert-OH is 2. The third-order valence-electron chi connectivity index (χ3n) is 10.7. The summed E-state index contributed by atoms with van der Waals surface area (Å²) in [6.45, 7) is 6.37. The minimum Gasteiger partial charge on any atom is -0.390 e. The van der Waals surface area contributed by atoms with E-state index in [1.165, 1.54) is 199 Å². The fourth-order valence-corrected chi connectivity index (χ4v) is 7.18. The van der Waals surface area contributed by atoms with E-state index in [0.29, 0.717) is 12.8 Å². The number of hydrogen-bond donors (Lipinski definition) is 3. The monoisotopic (exact) mass is 680 g/mol. The minimum atomic E-state index is -0.893. The Labute approximate surface area is 302 Å². The Morgan fingerprint density at radius 3 is 0.958 bits per heavy atom. The highest BCUT2D eigenvalue weighted by atomic mass is 16.3. The van der Waals surface area contributed by atoms with E-state index in [4.69, 9.17) is 0 Å². The second kappa shape index (κ2) is 39.2. The maximum atomic E-state index is 12.4. The zero-order valence-electron chi connectivity index (χ0n) is 33.2. The van der Waals surface area contributed by atoms with Crippen LogP contribution < -0.4 is 5.32 Å². The number of unbranched alkanes of at least 4 members (excludes halogenated alkanes) is 33. The van der Waals surface area contributed by atoms with Gasteiger partial charge in [-0.1, -0.05) is 232 Å². The molecule has 0 fully saturated rings. The summed E-state index contributed by atoms with van der Waals surface area (Å²) in [7, 11) is 0. The largest absolute Gasteiger partial charge is 0.390 e. The van der Waals surface area contributed by atoms with Crippen LogP contribution in [-0.4, -0.2) is 34.4 Å². The quantitative estimate of drug-likeness (QED) is 0.0565. The Hall–Kier alpha value is -0.610. The van der Waals surface area contributed by atoms with Crippen LogP contribution in [0.1, 0.15) is 258 Å². The Bertz CT molecular complexity index is 626. The van der Waals surface area contributed by atoms with E-state index in [1.807, 2.05) is 6.92 Å². The average molecular weight is 680 g/mol. The lowest BCUT2D eigenvalue weighted by Gasteiger charge is -2.25. The molecule has 0 bridgehead atoms. The van der Waals surface area contributed by atoms with Crippen LogP contribution in [0.4, 0.5) is 0 Å². The molecule has 3 atom stereocenters. The van der Waals surface area contributed by atoms with Crippen molar-refractivity contribution in [3.8, 4) is 0 Å². The van der Waals surface area contributed by atoms with E-state index < -0.39 is 18.2 Å². The van der Waals surface area contributed by atoms with Crippen LogP contribution in [0, 0.1) is 0 Å². The molecule has 0 aromatic rings. The maximum Gasteiger partial charge on any atom is 0.220 e. The third-order valence-corrected chi connectivity index (χ3v) is 10.7. The van der Waals surface area contributed by atoms with E-state index in [2.05, 4.69) is 19.2 Å². The van der Waals surface area contributed by atoms with Crippen LogP contribution in [0.5, 0.6) is 0 Å². The van der Waals surface area contributed by atoms with Crippen molar-refractivity contribution in [1.82, 2.24) is 5.32 Å². The van der Waals surface area contributed by atoms with Crippen molar-refractivity contribution in [3.63, 3.8) is 0 Å². The van der Waals surface area contributed by atoms with E-state index in [9.17, 15) is 15.0 Å². The number of nitrogens with one attached hydrogen (secondary N) is 1. The number of rotatable bonds is 40. The summed E-state index contributed by atoms with van der Waals surface area (Å²) in [5, 5.41) is 23.9. The standard InChI is InChI=1S/C44H89NO3/c1-4-6-8-10-12-14-16-18-19-20-21-22-23-24-25-26-27-28-30-32-34-36-38-40-43(47)45-41(3)44(48)42(46)39-37-35-33-31-29-17-15-13-11-9-7-5-2/h41-42,44,46,48H,4-40H2,1-3H3,(H,45,47)/t41?,42-,44?/m1/s1. The van der Waals surface area contributed by atoms with E-state index in [-0.39, 0.29) is 5.91 Å². The highest BCUT2D eigenvalue weighted by molar-refractivity contribution is 5.76. The summed E-state index contributed by atoms with van der Waals surface area (Å²) >= 11 is 0. The molecule has 288 valence electrons. The van der Waals surface area contributed by atoms with Gasteiger partial charge in [-0.15, -0.1) is 0 Å². The molecule has 0 aliphatic heterocycles. The summed E-state index contributed by atoms with van der Waals surface area (Å²) < 4.78 is 0. The van der Waals surface area contributed by atoms with Gasteiger partial charge in [-0.05, 0) is 19.8 Å². The molecule has 2 unspecified atom stereocenters. The molecule has 0 saturated carbocycles. The Morgan fingerprint density at radius 1 is 0.417 bits per heavy atom. The van der Waals surface area contributed by atoms with Crippen LogP contribution >= 0.6 is 0 Å². The van der Waals surface area contributed by atoms with Crippen molar-refractivity contribution in [2.24, 2.45) is 0 Å². The van der Waals surface area contributed by atoms with Gasteiger partial charge in [-0.25, -0.2) is 0 Å². The number of amides is 1. The molecule has 3 N–H and O–H groups in total. The average Bonchev–Trinajstić information content (AvgIpc) is 3.08. The van der Waals surface area contributed by atoms with Crippen LogP contribution in [-0.2, 0) is 4.79 Å². The zero-order valence-corrected chi connectivity index (χ0v) is 33.2. The molecule has 0 aliphatic carbocycles. The van der Waals surface area contributed by atoms with E-state index in [0.717, 1.165) is 25.7 Å².